The summed E-state index contributed by atoms with van der Waals surface area (Å²) in [5.41, 5.74) is 1.05. The average molecular weight is 334 g/mol. The summed E-state index contributed by atoms with van der Waals surface area (Å²) in [6, 6.07) is 7.53. The molecule has 2 N–H and O–H groups in total. The van der Waals surface area contributed by atoms with Gasteiger partial charge in [0.25, 0.3) is 0 Å². The van der Waals surface area contributed by atoms with Crippen LogP contribution in [0.2, 0.25) is 0 Å². The zero-order valence-corrected chi connectivity index (χ0v) is 14.6. The first kappa shape index (κ1) is 17.3. The third-order valence-corrected chi connectivity index (χ3v) is 4.12. The third-order valence-electron chi connectivity index (χ3n) is 3.37. The molecule has 1 aromatic heterocycles. The van der Waals surface area contributed by atoms with Gasteiger partial charge in [-0.1, -0.05) is 31.1 Å². The fourth-order valence-corrected chi connectivity index (χ4v) is 2.48. The molecule has 0 aliphatic heterocycles. The molecule has 0 aliphatic carbocycles. The third kappa shape index (κ3) is 4.99. The first-order valence-corrected chi connectivity index (χ1v) is 8.69. The number of amides is 2. The summed E-state index contributed by atoms with van der Waals surface area (Å²) in [4.78, 5) is 17.5. The Labute approximate surface area is 140 Å². The first-order valence-electron chi connectivity index (χ1n) is 7.47. The van der Waals surface area contributed by atoms with Crippen molar-refractivity contribution < 1.29 is 9.32 Å². The standard InChI is InChI=1S/C16H22N4O2S/c1-10(2)14(15-18-11(3)20-22-15)19-16(21)17-9-12-5-7-13(23-4)8-6-12/h5-8,10,14H,9H2,1-4H3,(H2,17,19,21). The smallest absolute Gasteiger partial charge is 0.315 e. The Hall–Kier alpha value is -2.02. The van der Waals surface area contributed by atoms with Crippen LogP contribution in [0.4, 0.5) is 4.79 Å². The molecule has 2 amide bonds. The van der Waals surface area contributed by atoms with Gasteiger partial charge in [-0.05, 0) is 36.8 Å². The SMILES string of the molecule is CSc1ccc(CNC(=O)NC(c2nc(C)no2)C(C)C)cc1. The number of aromatic nitrogens is 2. The summed E-state index contributed by atoms with van der Waals surface area (Å²) in [5.74, 6) is 1.13. The number of carbonyl (C=O) groups is 1. The second kappa shape index (κ2) is 8.01. The summed E-state index contributed by atoms with van der Waals surface area (Å²) in [6.07, 6.45) is 2.03. The Balaban J connectivity index is 1.91. The lowest BCUT2D eigenvalue weighted by Crippen LogP contribution is -2.39. The lowest BCUT2D eigenvalue weighted by molar-refractivity contribution is 0.224. The van der Waals surface area contributed by atoms with E-state index in [0.717, 1.165) is 5.56 Å². The minimum atomic E-state index is -0.310. The number of aryl methyl sites for hydroxylation is 1. The van der Waals surface area contributed by atoms with Crippen molar-refractivity contribution in [1.29, 1.82) is 0 Å². The highest BCUT2D eigenvalue weighted by atomic mass is 32.2. The number of carbonyl (C=O) groups excluding carboxylic acids is 1. The Kier molecular flexibility index (Phi) is 6.04. The van der Waals surface area contributed by atoms with Gasteiger partial charge in [-0.25, -0.2) is 4.79 Å². The van der Waals surface area contributed by atoms with Gasteiger partial charge in [0.05, 0.1) is 0 Å². The average Bonchev–Trinajstić information content (AvgIpc) is 2.97. The molecule has 0 radical (unpaired) electrons. The van der Waals surface area contributed by atoms with Crippen molar-refractivity contribution >= 4 is 17.8 Å². The fourth-order valence-electron chi connectivity index (χ4n) is 2.07. The molecule has 0 aliphatic rings. The van der Waals surface area contributed by atoms with Gasteiger partial charge in [0.15, 0.2) is 5.82 Å². The summed E-state index contributed by atoms with van der Waals surface area (Å²) in [7, 11) is 0. The second-order valence-electron chi connectivity index (χ2n) is 5.58. The molecular formula is C16H22N4O2S. The van der Waals surface area contributed by atoms with Gasteiger partial charge in [-0.2, -0.15) is 4.98 Å². The molecule has 23 heavy (non-hydrogen) atoms. The van der Waals surface area contributed by atoms with Crippen LogP contribution in [0.15, 0.2) is 33.7 Å². The minimum Gasteiger partial charge on any atom is -0.337 e. The molecule has 0 saturated carbocycles. The molecule has 0 spiro atoms. The Morgan fingerprint density at radius 2 is 2.00 bits per heavy atom. The first-order chi connectivity index (χ1) is 11.0. The molecular weight excluding hydrogens is 312 g/mol. The van der Waals surface area contributed by atoms with Crippen LogP contribution < -0.4 is 10.6 Å². The number of nitrogens with one attached hydrogen (secondary N) is 2. The highest BCUT2D eigenvalue weighted by molar-refractivity contribution is 7.98. The minimum absolute atomic E-state index is 0.140. The highest BCUT2D eigenvalue weighted by Gasteiger charge is 2.23. The van der Waals surface area contributed by atoms with Crippen molar-refractivity contribution in [2.75, 3.05) is 6.26 Å². The van der Waals surface area contributed by atoms with E-state index in [4.69, 9.17) is 4.52 Å². The maximum absolute atomic E-state index is 12.1. The second-order valence-corrected chi connectivity index (χ2v) is 6.46. The molecule has 1 atom stereocenters. The van der Waals surface area contributed by atoms with Crippen LogP contribution in [0.5, 0.6) is 0 Å². The summed E-state index contributed by atoms with van der Waals surface area (Å²) in [6.45, 7) is 6.20. The van der Waals surface area contributed by atoms with Crippen LogP contribution in [0.1, 0.15) is 37.2 Å². The molecule has 0 fully saturated rings. The lowest BCUT2D eigenvalue weighted by Gasteiger charge is -2.19. The molecule has 1 heterocycles. The van der Waals surface area contributed by atoms with Gasteiger partial charge < -0.3 is 15.2 Å². The number of urea groups is 1. The van der Waals surface area contributed by atoms with E-state index in [1.807, 2.05) is 44.4 Å². The maximum atomic E-state index is 12.1. The molecule has 2 aromatic rings. The van der Waals surface area contributed by atoms with E-state index in [9.17, 15) is 4.79 Å². The molecule has 2 rings (SSSR count). The lowest BCUT2D eigenvalue weighted by atomic mass is 10.0. The van der Waals surface area contributed by atoms with Gasteiger partial charge in [0.2, 0.25) is 5.89 Å². The molecule has 124 valence electrons. The molecule has 7 heteroatoms. The van der Waals surface area contributed by atoms with Crippen LogP contribution in [0.3, 0.4) is 0 Å². The van der Waals surface area contributed by atoms with Gasteiger partial charge >= 0.3 is 6.03 Å². The van der Waals surface area contributed by atoms with Crippen molar-refractivity contribution in [2.45, 2.75) is 38.3 Å². The summed E-state index contributed by atoms with van der Waals surface area (Å²) in [5, 5.41) is 9.52. The predicted molar refractivity (Wildman–Crippen MR) is 90.2 cm³/mol. The number of nitrogens with zero attached hydrogens (tertiary/aromatic N) is 2. The number of hydrogen-bond donors (Lipinski definition) is 2. The number of benzene rings is 1. The fraction of sp³-hybridized carbons (Fsp3) is 0.438. The van der Waals surface area contributed by atoms with Crippen molar-refractivity contribution in [1.82, 2.24) is 20.8 Å². The van der Waals surface area contributed by atoms with E-state index in [1.54, 1.807) is 18.7 Å². The van der Waals surface area contributed by atoms with Gasteiger partial charge in [0, 0.05) is 11.4 Å². The van der Waals surface area contributed by atoms with Crippen molar-refractivity contribution in [3.63, 3.8) is 0 Å². The molecule has 1 aromatic carbocycles. The molecule has 0 saturated heterocycles. The predicted octanol–water partition coefficient (Wildman–Crippen LogP) is 3.30. The summed E-state index contributed by atoms with van der Waals surface area (Å²) < 4.78 is 5.17. The van der Waals surface area contributed by atoms with E-state index in [1.165, 1.54) is 4.90 Å². The largest absolute Gasteiger partial charge is 0.337 e. The van der Waals surface area contributed by atoms with E-state index in [-0.39, 0.29) is 18.0 Å². The normalized spacial score (nSPS) is 12.2. The maximum Gasteiger partial charge on any atom is 0.315 e. The topological polar surface area (TPSA) is 80.0 Å². The highest BCUT2D eigenvalue weighted by Crippen LogP contribution is 2.19. The van der Waals surface area contributed by atoms with Crippen LogP contribution in [0.25, 0.3) is 0 Å². The van der Waals surface area contributed by atoms with Crippen molar-refractivity contribution in [3.05, 3.63) is 41.5 Å². The van der Waals surface area contributed by atoms with E-state index in [0.29, 0.717) is 18.3 Å². The zero-order chi connectivity index (χ0) is 16.8. The quantitative estimate of drug-likeness (QED) is 0.792. The molecule has 0 bridgehead atoms. The van der Waals surface area contributed by atoms with Gasteiger partial charge in [-0.15, -0.1) is 11.8 Å². The van der Waals surface area contributed by atoms with Crippen molar-refractivity contribution in [3.8, 4) is 0 Å². The Morgan fingerprint density at radius 1 is 1.30 bits per heavy atom. The van der Waals surface area contributed by atoms with Crippen LogP contribution >= 0.6 is 11.8 Å². The van der Waals surface area contributed by atoms with E-state index >= 15 is 0 Å². The van der Waals surface area contributed by atoms with Gasteiger partial charge in [-0.3, -0.25) is 0 Å². The number of hydrogen-bond acceptors (Lipinski definition) is 5. The Bertz CT molecular complexity index is 640. The zero-order valence-electron chi connectivity index (χ0n) is 13.8. The molecule has 6 nitrogen and oxygen atoms in total. The molecule has 1 unspecified atom stereocenters. The van der Waals surface area contributed by atoms with Crippen LogP contribution in [-0.2, 0) is 6.54 Å². The number of rotatable bonds is 6. The van der Waals surface area contributed by atoms with E-state index in [2.05, 4.69) is 20.8 Å². The monoisotopic (exact) mass is 334 g/mol. The van der Waals surface area contributed by atoms with Crippen LogP contribution in [-0.4, -0.2) is 22.4 Å². The number of thioether (sulfide) groups is 1. The van der Waals surface area contributed by atoms with Crippen molar-refractivity contribution in [2.24, 2.45) is 5.92 Å². The van der Waals surface area contributed by atoms with E-state index < -0.39 is 0 Å². The van der Waals surface area contributed by atoms with Crippen LogP contribution in [0, 0.1) is 12.8 Å². The summed E-state index contributed by atoms with van der Waals surface area (Å²) >= 11 is 1.69. The van der Waals surface area contributed by atoms with Gasteiger partial charge in [0.1, 0.15) is 6.04 Å². The Morgan fingerprint density at radius 3 is 2.52 bits per heavy atom.